The van der Waals surface area contributed by atoms with Gasteiger partial charge in [-0.25, -0.2) is 4.39 Å². The SMILES string of the molecule is Cn1cnnc1SCC(=O)Nc1cccc(C(=O)NCc2cccc(F)c2)c1. The molecule has 0 unspecified atom stereocenters. The molecule has 0 bridgehead atoms. The van der Waals surface area contributed by atoms with Crippen LogP contribution in [0.25, 0.3) is 0 Å². The second-order valence-electron chi connectivity index (χ2n) is 5.95. The van der Waals surface area contributed by atoms with Crippen molar-refractivity contribution in [2.24, 2.45) is 7.05 Å². The van der Waals surface area contributed by atoms with Gasteiger partial charge >= 0.3 is 0 Å². The summed E-state index contributed by atoms with van der Waals surface area (Å²) >= 11 is 1.27. The number of nitrogens with one attached hydrogen (secondary N) is 2. The van der Waals surface area contributed by atoms with Gasteiger partial charge in [-0.2, -0.15) is 0 Å². The van der Waals surface area contributed by atoms with E-state index in [1.165, 1.54) is 23.9 Å². The molecule has 0 aliphatic heterocycles. The highest BCUT2D eigenvalue weighted by atomic mass is 32.2. The van der Waals surface area contributed by atoms with Crippen molar-refractivity contribution in [1.29, 1.82) is 0 Å². The Kier molecular flexibility index (Phi) is 6.38. The quantitative estimate of drug-likeness (QED) is 0.596. The molecule has 0 saturated heterocycles. The Hall–Kier alpha value is -3.20. The van der Waals surface area contributed by atoms with Crippen LogP contribution >= 0.6 is 11.8 Å². The first-order valence-corrected chi connectivity index (χ1v) is 9.39. The van der Waals surface area contributed by atoms with Crippen LogP contribution in [-0.4, -0.2) is 32.3 Å². The van der Waals surface area contributed by atoms with E-state index in [0.29, 0.717) is 22.0 Å². The zero-order valence-electron chi connectivity index (χ0n) is 15.1. The Morgan fingerprint density at radius 3 is 2.75 bits per heavy atom. The molecular formula is C19H18FN5O2S. The predicted octanol–water partition coefficient (Wildman–Crippen LogP) is 2.62. The molecule has 28 heavy (non-hydrogen) atoms. The lowest BCUT2D eigenvalue weighted by molar-refractivity contribution is -0.113. The number of nitrogens with zero attached hydrogens (tertiary/aromatic N) is 3. The maximum atomic E-state index is 13.2. The lowest BCUT2D eigenvalue weighted by Crippen LogP contribution is -2.23. The molecule has 9 heteroatoms. The van der Waals surface area contributed by atoms with Gasteiger partial charge in [-0.3, -0.25) is 9.59 Å². The Morgan fingerprint density at radius 2 is 2.00 bits per heavy atom. The molecule has 2 aromatic carbocycles. The molecule has 2 N–H and O–H groups in total. The number of anilines is 1. The smallest absolute Gasteiger partial charge is 0.251 e. The number of halogens is 1. The summed E-state index contributed by atoms with van der Waals surface area (Å²) in [5.41, 5.74) is 1.58. The first-order valence-electron chi connectivity index (χ1n) is 8.40. The molecule has 1 heterocycles. The van der Waals surface area contributed by atoms with Crippen molar-refractivity contribution < 1.29 is 14.0 Å². The molecule has 0 aliphatic rings. The summed E-state index contributed by atoms with van der Waals surface area (Å²) in [5, 5.41) is 13.8. The number of thioether (sulfide) groups is 1. The zero-order valence-corrected chi connectivity index (χ0v) is 15.9. The van der Waals surface area contributed by atoms with Gasteiger partial charge in [0.05, 0.1) is 5.75 Å². The van der Waals surface area contributed by atoms with Crippen LogP contribution in [0.15, 0.2) is 60.0 Å². The second-order valence-corrected chi connectivity index (χ2v) is 6.90. The van der Waals surface area contributed by atoms with Crippen LogP contribution in [0.5, 0.6) is 0 Å². The first-order chi connectivity index (χ1) is 13.5. The average Bonchev–Trinajstić information content (AvgIpc) is 3.09. The van der Waals surface area contributed by atoms with Gasteiger partial charge in [-0.1, -0.05) is 30.0 Å². The number of rotatable bonds is 7. The van der Waals surface area contributed by atoms with Crippen molar-refractivity contribution in [3.8, 4) is 0 Å². The van der Waals surface area contributed by atoms with E-state index in [1.54, 1.807) is 54.3 Å². The third-order valence-electron chi connectivity index (χ3n) is 3.75. The topological polar surface area (TPSA) is 88.9 Å². The number of hydrogen-bond donors (Lipinski definition) is 2. The van der Waals surface area contributed by atoms with Crippen molar-refractivity contribution in [1.82, 2.24) is 20.1 Å². The van der Waals surface area contributed by atoms with E-state index in [0.717, 1.165) is 0 Å². The highest BCUT2D eigenvalue weighted by molar-refractivity contribution is 7.99. The number of aryl methyl sites for hydroxylation is 1. The van der Waals surface area contributed by atoms with E-state index in [4.69, 9.17) is 0 Å². The molecule has 0 radical (unpaired) electrons. The van der Waals surface area contributed by atoms with Crippen molar-refractivity contribution in [3.05, 3.63) is 71.8 Å². The third kappa shape index (κ3) is 5.40. The van der Waals surface area contributed by atoms with Gasteiger partial charge < -0.3 is 15.2 Å². The van der Waals surface area contributed by atoms with Gasteiger partial charge in [0.25, 0.3) is 5.91 Å². The predicted molar refractivity (Wildman–Crippen MR) is 104 cm³/mol. The Bertz CT molecular complexity index is 992. The average molecular weight is 399 g/mol. The van der Waals surface area contributed by atoms with Gasteiger partial charge in [-0.05, 0) is 35.9 Å². The third-order valence-corrected chi connectivity index (χ3v) is 4.79. The summed E-state index contributed by atoms with van der Waals surface area (Å²) in [7, 11) is 1.80. The number of benzene rings is 2. The molecule has 0 saturated carbocycles. The van der Waals surface area contributed by atoms with Gasteiger partial charge in [-0.15, -0.1) is 10.2 Å². The fraction of sp³-hybridized carbons (Fsp3) is 0.158. The maximum Gasteiger partial charge on any atom is 0.251 e. The molecule has 0 fully saturated rings. The lowest BCUT2D eigenvalue weighted by Gasteiger charge is -2.08. The Morgan fingerprint density at radius 1 is 1.18 bits per heavy atom. The van der Waals surface area contributed by atoms with E-state index < -0.39 is 0 Å². The van der Waals surface area contributed by atoms with Crippen molar-refractivity contribution in [2.45, 2.75) is 11.7 Å². The summed E-state index contributed by atoms with van der Waals surface area (Å²) in [4.78, 5) is 24.4. The van der Waals surface area contributed by atoms with Crippen molar-refractivity contribution >= 4 is 29.3 Å². The summed E-state index contributed by atoms with van der Waals surface area (Å²) in [6.07, 6.45) is 1.56. The summed E-state index contributed by atoms with van der Waals surface area (Å²) in [5.74, 6) is -0.711. The van der Waals surface area contributed by atoms with Crippen molar-refractivity contribution in [3.63, 3.8) is 0 Å². The molecule has 0 aliphatic carbocycles. The number of hydrogen-bond acceptors (Lipinski definition) is 5. The lowest BCUT2D eigenvalue weighted by atomic mass is 10.1. The highest BCUT2D eigenvalue weighted by Crippen LogP contribution is 2.15. The van der Waals surface area contributed by atoms with E-state index in [-0.39, 0.29) is 29.9 Å². The van der Waals surface area contributed by atoms with Crippen LogP contribution in [0.2, 0.25) is 0 Å². The molecule has 144 valence electrons. The first kappa shape index (κ1) is 19.6. The van der Waals surface area contributed by atoms with Crippen LogP contribution < -0.4 is 10.6 Å². The summed E-state index contributed by atoms with van der Waals surface area (Å²) < 4.78 is 14.9. The Balaban J connectivity index is 1.54. The number of carbonyl (C=O) groups excluding carboxylic acids is 2. The maximum absolute atomic E-state index is 13.2. The molecule has 1 aromatic heterocycles. The van der Waals surface area contributed by atoms with Crippen molar-refractivity contribution in [2.75, 3.05) is 11.1 Å². The van der Waals surface area contributed by atoms with Crippen LogP contribution in [0.4, 0.5) is 10.1 Å². The second kappa shape index (κ2) is 9.14. The van der Waals surface area contributed by atoms with Gasteiger partial charge in [0.15, 0.2) is 5.16 Å². The van der Waals surface area contributed by atoms with Gasteiger partial charge in [0.2, 0.25) is 5.91 Å². The minimum absolute atomic E-state index is 0.169. The van der Waals surface area contributed by atoms with E-state index in [2.05, 4.69) is 20.8 Å². The number of carbonyl (C=O) groups is 2. The van der Waals surface area contributed by atoms with Gasteiger partial charge in [0, 0.05) is 24.8 Å². The van der Waals surface area contributed by atoms with Gasteiger partial charge in [0.1, 0.15) is 12.1 Å². The normalized spacial score (nSPS) is 10.5. The molecule has 3 rings (SSSR count). The fourth-order valence-electron chi connectivity index (χ4n) is 2.40. The van der Waals surface area contributed by atoms with Crippen LogP contribution in [-0.2, 0) is 18.4 Å². The fourth-order valence-corrected chi connectivity index (χ4v) is 3.09. The monoisotopic (exact) mass is 399 g/mol. The van der Waals surface area contributed by atoms with Crippen LogP contribution in [0.1, 0.15) is 15.9 Å². The summed E-state index contributed by atoms with van der Waals surface area (Å²) in [6.45, 7) is 0.210. The standard InChI is InChI=1S/C19H18FN5O2S/c1-25-12-22-24-19(25)28-11-17(26)23-16-7-3-5-14(9-16)18(27)21-10-13-4-2-6-15(20)8-13/h2-9,12H,10-11H2,1H3,(H,21,27)(H,23,26). The molecule has 7 nitrogen and oxygen atoms in total. The molecule has 0 atom stereocenters. The van der Waals surface area contributed by atoms with Crippen LogP contribution in [0, 0.1) is 5.82 Å². The minimum atomic E-state index is -0.351. The zero-order chi connectivity index (χ0) is 19.9. The number of aromatic nitrogens is 3. The van der Waals surface area contributed by atoms with Crippen LogP contribution in [0.3, 0.4) is 0 Å². The minimum Gasteiger partial charge on any atom is -0.348 e. The highest BCUT2D eigenvalue weighted by Gasteiger charge is 2.10. The molecule has 3 aromatic rings. The Labute approximate surface area is 165 Å². The summed E-state index contributed by atoms with van der Waals surface area (Å²) in [6, 6.07) is 12.7. The molecule has 0 spiro atoms. The molecular weight excluding hydrogens is 381 g/mol. The van der Waals surface area contributed by atoms with E-state index in [9.17, 15) is 14.0 Å². The number of amides is 2. The largest absolute Gasteiger partial charge is 0.348 e. The van der Waals surface area contributed by atoms with E-state index in [1.807, 2.05) is 0 Å². The molecule has 2 amide bonds. The van der Waals surface area contributed by atoms with E-state index >= 15 is 0 Å².